The van der Waals surface area contributed by atoms with E-state index in [2.05, 4.69) is 20.9 Å². The first-order chi connectivity index (χ1) is 13.6. The molecule has 0 aliphatic heterocycles. The minimum absolute atomic E-state index is 0.0844. The summed E-state index contributed by atoms with van der Waals surface area (Å²) >= 11 is 0. The molecule has 7 nitrogen and oxygen atoms in total. The van der Waals surface area contributed by atoms with E-state index < -0.39 is 5.91 Å². The fourth-order valence-electron chi connectivity index (χ4n) is 2.56. The summed E-state index contributed by atoms with van der Waals surface area (Å²) in [6.45, 7) is 1.41. The van der Waals surface area contributed by atoms with E-state index in [0.29, 0.717) is 17.1 Å². The van der Waals surface area contributed by atoms with Crippen LogP contribution in [0.15, 0.2) is 72.6 Å². The number of carbonyl (C=O) groups is 2. The van der Waals surface area contributed by atoms with Crippen molar-refractivity contribution < 1.29 is 9.59 Å². The van der Waals surface area contributed by atoms with Gasteiger partial charge >= 0.3 is 0 Å². The van der Waals surface area contributed by atoms with Crippen molar-refractivity contribution in [2.24, 2.45) is 0 Å². The zero-order valence-corrected chi connectivity index (χ0v) is 15.1. The van der Waals surface area contributed by atoms with Gasteiger partial charge in [0.15, 0.2) is 0 Å². The van der Waals surface area contributed by atoms with Crippen LogP contribution in [0, 0.1) is 11.3 Å². The Morgan fingerprint density at radius 1 is 1.00 bits per heavy atom. The summed E-state index contributed by atoms with van der Waals surface area (Å²) in [7, 11) is 0. The van der Waals surface area contributed by atoms with Crippen molar-refractivity contribution in [1.29, 1.82) is 5.26 Å². The molecule has 0 radical (unpaired) electrons. The Labute approximate surface area is 161 Å². The smallest absolute Gasteiger partial charge is 0.267 e. The Hall–Kier alpha value is -4.18. The van der Waals surface area contributed by atoms with E-state index in [9.17, 15) is 14.9 Å². The molecule has 0 bridgehead atoms. The largest absolute Gasteiger partial charge is 0.358 e. The first-order valence-corrected chi connectivity index (χ1v) is 8.46. The fraction of sp³-hybridized carbons (Fsp3) is 0.0476. The predicted octanol–water partition coefficient (Wildman–Crippen LogP) is 3.65. The number of para-hydroxylation sites is 1. The van der Waals surface area contributed by atoms with Crippen LogP contribution < -0.4 is 16.0 Å². The van der Waals surface area contributed by atoms with Gasteiger partial charge in [-0.1, -0.05) is 18.2 Å². The molecule has 0 spiro atoms. The zero-order valence-electron chi connectivity index (χ0n) is 15.1. The maximum atomic E-state index is 12.4. The molecule has 2 aromatic carbocycles. The zero-order chi connectivity index (χ0) is 19.9. The highest BCUT2D eigenvalue weighted by Gasteiger charge is 2.10. The van der Waals surface area contributed by atoms with Gasteiger partial charge < -0.3 is 16.0 Å². The molecular weight excluding hydrogens is 354 g/mol. The molecule has 2 amide bonds. The minimum Gasteiger partial charge on any atom is -0.358 e. The molecule has 1 aromatic heterocycles. The predicted molar refractivity (Wildman–Crippen MR) is 108 cm³/mol. The van der Waals surface area contributed by atoms with Crippen LogP contribution in [0.3, 0.4) is 0 Å². The number of hydrogen-bond acceptors (Lipinski definition) is 5. The van der Waals surface area contributed by atoms with Crippen LogP contribution in [0.5, 0.6) is 0 Å². The van der Waals surface area contributed by atoms with Crippen molar-refractivity contribution in [3.63, 3.8) is 0 Å². The van der Waals surface area contributed by atoms with Gasteiger partial charge in [0.25, 0.3) is 5.91 Å². The second-order valence-corrected chi connectivity index (χ2v) is 5.91. The number of hydrogen-bond donors (Lipinski definition) is 3. The van der Waals surface area contributed by atoms with Crippen molar-refractivity contribution in [3.05, 3.63) is 72.6 Å². The van der Waals surface area contributed by atoms with Gasteiger partial charge in [-0.15, -0.1) is 0 Å². The topological polar surface area (TPSA) is 107 Å². The first kappa shape index (κ1) is 18.6. The normalized spacial score (nSPS) is 10.8. The average molecular weight is 371 g/mol. The van der Waals surface area contributed by atoms with Crippen molar-refractivity contribution in [2.45, 2.75) is 6.92 Å². The van der Waals surface area contributed by atoms with Crippen LogP contribution >= 0.6 is 0 Å². The fourth-order valence-corrected chi connectivity index (χ4v) is 2.56. The van der Waals surface area contributed by atoms with Crippen LogP contribution in [0.4, 0.5) is 17.1 Å². The molecule has 0 aliphatic carbocycles. The Bertz CT molecular complexity index is 1090. The number of fused-ring (bicyclic) bond motifs is 1. The van der Waals surface area contributed by atoms with Gasteiger partial charge in [0.1, 0.15) is 11.6 Å². The number of pyridine rings is 1. The van der Waals surface area contributed by atoms with Crippen LogP contribution in [0.25, 0.3) is 10.9 Å². The third-order valence-electron chi connectivity index (χ3n) is 3.83. The van der Waals surface area contributed by atoms with Crippen molar-refractivity contribution in [3.8, 4) is 6.07 Å². The highest BCUT2D eigenvalue weighted by atomic mass is 16.2. The Morgan fingerprint density at radius 2 is 1.68 bits per heavy atom. The van der Waals surface area contributed by atoms with Gasteiger partial charge in [0.05, 0.1) is 11.2 Å². The Kier molecular flexibility index (Phi) is 5.63. The number of aromatic nitrogens is 1. The summed E-state index contributed by atoms with van der Waals surface area (Å²) in [5, 5.41) is 18.5. The summed E-state index contributed by atoms with van der Waals surface area (Å²) in [5.74, 6) is -0.726. The van der Waals surface area contributed by atoms with Crippen LogP contribution in [0.1, 0.15) is 6.92 Å². The maximum absolute atomic E-state index is 12.4. The molecule has 3 aromatic rings. The second kappa shape index (κ2) is 8.47. The van der Waals surface area contributed by atoms with E-state index in [1.165, 1.54) is 13.1 Å². The van der Waals surface area contributed by atoms with Gasteiger partial charge in [-0.2, -0.15) is 5.26 Å². The Balaban J connectivity index is 1.72. The van der Waals surface area contributed by atoms with Gasteiger partial charge in [-0.05, 0) is 36.4 Å². The van der Waals surface area contributed by atoms with E-state index in [4.69, 9.17) is 0 Å². The van der Waals surface area contributed by atoms with Gasteiger partial charge in [0, 0.05) is 36.1 Å². The summed E-state index contributed by atoms with van der Waals surface area (Å²) < 4.78 is 0. The molecule has 0 saturated carbocycles. The monoisotopic (exact) mass is 371 g/mol. The van der Waals surface area contributed by atoms with E-state index >= 15 is 0 Å². The van der Waals surface area contributed by atoms with E-state index in [1.54, 1.807) is 30.5 Å². The molecule has 0 fully saturated rings. The molecular formula is C21H17N5O2. The highest BCUT2D eigenvalue weighted by Crippen LogP contribution is 2.21. The average Bonchev–Trinajstić information content (AvgIpc) is 2.69. The molecule has 0 unspecified atom stereocenters. The maximum Gasteiger partial charge on any atom is 0.267 e. The molecule has 138 valence electrons. The molecule has 0 atom stereocenters. The molecule has 1 heterocycles. The first-order valence-electron chi connectivity index (χ1n) is 8.46. The lowest BCUT2D eigenvalue weighted by Gasteiger charge is -2.08. The van der Waals surface area contributed by atoms with Crippen LogP contribution in [-0.4, -0.2) is 16.8 Å². The molecule has 7 heteroatoms. The molecule has 28 heavy (non-hydrogen) atoms. The van der Waals surface area contributed by atoms with E-state index in [0.717, 1.165) is 10.9 Å². The van der Waals surface area contributed by atoms with Crippen molar-refractivity contribution in [1.82, 2.24) is 4.98 Å². The summed E-state index contributed by atoms with van der Waals surface area (Å²) in [5.41, 5.74) is 2.48. The minimum atomic E-state index is -0.546. The van der Waals surface area contributed by atoms with Gasteiger partial charge in [0.2, 0.25) is 5.91 Å². The number of amides is 2. The number of carbonyl (C=O) groups excluding carboxylic acids is 2. The molecule has 3 N–H and O–H groups in total. The number of benzene rings is 2. The third kappa shape index (κ3) is 4.51. The quantitative estimate of drug-likeness (QED) is 0.469. The van der Waals surface area contributed by atoms with Crippen molar-refractivity contribution >= 4 is 39.8 Å². The number of nitrogens with zero attached hydrogens (tertiary/aromatic N) is 2. The number of anilines is 3. The van der Waals surface area contributed by atoms with Crippen LogP contribution in [0.2, 0.25) is 0 Å². The SMILES string of the molecule is CC(=O)Nc1ccc(NC(=O)/C(C#N)=C\Nc2cccc3cccnc23)cc1. The van der Waals surface area contributed by atoms with E-state index in [1.807, 2.05) is 36.4 Å². The molecule has 3 rings (SSSR count). The van der Waals surface area contributed by atoms with Gasteiger partial charge in [-0.3, -0.25) is 14.6 Å². The summed E-state index contributed by atoms with van der Waals surface area (Å²) in [4.78, 5) is 27.7. The lowest BCUT2D eigenvalue weighted by Crippen LogP contribution is -2.14. The highest BCUT2D eigenvalue weighted by molar-refractivity contribution is 6.07. The lowest BCUT2D eigenvalue weighted by molar-refractivity contribution is -0.114. The molecule has 0 saturated heterocycles. The summed E-state index contributed by atoms with van der Waals surface area (Å²) in [6, 6.07) is 17.9. The third-order valence-corrected chi connectivity index (χ3v) is 3.83. The summed E-state index contributed by atoms with van der Waals surface area (Å²) in [6.07, 6.45) is 3.03. The number of nitriles is 1. The van der Waals surface area contributed by atoms with Gasteiger partial charge in [-0.25, -0.2) is 0 Å². The Morgan fingerprint density at radius 3 is 2.36 bits per heavy atom. The number of rotatable bonds is 5. The van der Waals surface area contributed by atoms with E-state index in [-0.39, 0.29) is 11.5 Å². The second-order valence-electron chi connectivity index (χ2n) is 5.91. The van der Waals surface area contributed by atoms with Crippen LogP contribution in [-0.2, 0) is 9.59 Å². The van der Waals surface area contributed by atoms with Crippen molar-refractivity contribution in [2.75, 3.05) is 16.0 Å². The lowest BCUT2D eigenvalue weighted by atomic mass is 10.2. The standard InChI is InChI=1S/C21H17N5O2/c1-14(27)25-17-7-9-18(10-8-17)26-21(28)16(12-22)13-24-19-6-2-4-15-5-3-11-23-20(15)19/h2-11,13,24H,1H3,(H,25,27)(H,26,28)/b16-13-. The number of nitrogens with one attached hydrogen (secondary N) is 3. The molecule has 0 aliphatic rings.